The number of nitrogens with zero attached hydrogens (tertiary/aromatic N) is 1. The smallest absolute Gasteiger partial charge is 0.338 e. The molecule has 9 nitrogen and oxygen atoms in total. The molecule has 0 bridgehead atoms. The summed E-state index contributed by atoms with van der Waals surface area (Å²) in [6.45, 7) is -0.509. The highest BCUT2D eigenvalue weighted by molar-refractivity contribution is 6.22. The minimum Gasteiger partial charge on any atom is -0.497 e. The SMILES string of the molecule is COc1ccc(NC(=O)COC(=O)c2ccc(N3C(=O)[C@H]4C[C@H](c5ccccc5)CC[C@H]4C3=O)cc2)c(OC)c1. The molecular weight excluding hydrogens is 512 g/mol. The lowest BCUT2D eigenvalue weighted by molar-refractivity contribution is -0.122. The third-order valence-electron chi connectivity index (χ3n) is 7.57. The van der Waals surface area contributed by atoms with Gasteiger partial charge in [0.2, 0.25) is 11.8 Å². The molecule has 1 aliphatic carbocycles. The van der Waals surface area contributed by atoms with Gasteiger partial charge >= 0.3 is 5.97 Å². The number of carbonyl (C=O) groups is 4. The molecule has 40 heavy (non-hydrogen) atoms. The molecule has 2 aliphatic rings. The lowest BCUT2D eigenvalue weighted by Gasteiger charge is -2.28. The molecule has 0 radical (unpaired) electrons. The second kappa shape index (κ2) is 11.6. The average Bonchev–Trinajstić information content (AvgIpc) is 3.25. The molecule has 5 rings (SSSR count). The van der Waals surface area contributed by atoms with E-state index >= 15 is 0 Å². The lowest BCUT2D eigenvalue weighted by Crippen LogP contribution is -2.30. The summed E-state index contributed by atoms with van der Waals surface area (Å²) in [7, 11) is 2.99. The molecule has 1 heterocycles. The molecule has 9 heteroatoms. The number of benzene rings is 3. The average molecular weight is 543 g/mol. The van der Waals surface area contributed by atoms with Crippen molar-refractivity contribution in [1.29, 1.82) is 0 Å². The molecule has 3 aromatic rings. The van der Waals surface area contributed by atoms with Crippen molar-refractivity contribution < 1.29 is 33.4 Å². The number of rotatable bonds is 8. The molecule has 206 valence electrons. The number of amides is 3. The van der Waals surface area contributed by atoms with E-state index in [0.717, 1.165) is 6.42 Å². The fourth-order valence-corrected chi connectivity index (χ4v) is 5.51. The van der Waals surface area contributed by atoms with Crippen LogP contribution < -0.4 is 19.7 Å². The standard InChI is InChI=1S/C31H30N2O7/c1-38-23-13-15-26(27(17-23)39-2)32-28(34)18-40-31(37)20-8-11-22(12-9-20)33-29(35)24-14-10-21(16-25(24)30(33)36)19-6-4-3-5-7-19/h3-9,11-13,15,17,21,24-25H,10,14,16,18H2,1-2H3,(H,32,34)/t21-,24-,25+/m1/s1. The van der Waals surface area contributed by atoms with Crippen molar-refractivity contribution in [2.75, 3.05) is 31.0 Å². The number of ether oxygens (including phenoxy) is 3. The summed E-state index contributed by atoms with van der Waals surface area (Å²) in [4.78, 5) is 52.6. The number of methoxy groups -OCH3 is 2. The Labute approximate surface area is 232 Å². The third kappa shape index (κ3) is 5.40. The van der Waals surface area contributed by atoms with Gasteiger partial charge in [0, 0.05) is 6.07 Å². The number of nitrogens with one attached hydrogen (secondary N) is 1. The minimum absolute atomic E-state index is 0.192. The topological polar surface area (TPSA) is 111 Å². The maximum Gasteiger partial charge on any atom is 0.338 e. The zero-order chi connectivity index (χ0) is 28.2. The Bertz CT molecular complexity index is 1420. The van der Waals surface area contributed by atoms with Gasteiger partial charge in [-0.3, -0.25) is 19.3 Å². The van der Waals surface area contributed by atoms with Gasteiger partial charge in [-0.1, -0.05) is 30.3 Å². The molecule has 2 fully saturated rings. The van der Waals surface area contributed by atoms with Gasteiger partial charge < -0.3 is 19.5 Å². The van der Waals surface area contributed by atoms with Gasteiger partial charge in [0.15, 0.2) is 6.61 Å². The van der Waals surface area contributed by atoms with Gasteiger partial charge in [0.05, 0.1) is 43.0 Å². The Kier molecular flexibility index (Phi) is 7.82. The second-order valence-corrected chi connectivity index (χ2v) is 9.88. The van der Waals surface area contributed by atoms with Crippen molar-refractivity contribution in [1.82, 2.24) is 0 Å². The van der Waals surface area contributed by atoms with Crippen LogP contribution in [0.25, 0.3) is 0 Å². The van der Waals surface area contributed by atoms with Crippen molar-refractivity contribution in [2.24, 2.45) is 11.8 Å². The van der Waals surface area contributed by atoms with Crippen molar-refractivity contribution in [3.8, 4) is 11.5 Å². The number of hydrogen-bond donors (Lipinski definition) is 1. The summed E-state index contributed by atoms with van der Waals surface area (Å²) in [5.41, 5.74) is 2.21. The van der Waals surface area contributed by atoms with Gasteiger partial charge in [-0.25, -0.2) is 4.79 Å². The fourth-order valence-electron chi connectivity index (χ4n) is 5.51. The fraction of sp³-hybridized carbons (Fsp3) is 0.290. The maximum atomic E-state index is 13.3. The first-order valence-corrected chi connectivity index (χ1v) is 13.1. The Balaban J connectivity index is 1.19. The number of hydrogen-bond acceptors (Lipinski definition) is 7. The molecule has 0 aromatic heterocycles. The van der Waals surface area contributed by atoms with Gasteiger partial charge in [0.1, 0.15) is 11.5 Å². The highest BCUT2D eigenvalue weighted by atomic mass is 16.5. The number of imide groups is 1. The Morgan fingerprint density at radius 2 is 1.60 bits per heavy atom. The van der Waals surface area contributed by atoms with Crippen molar-refractivity contribution in [3.05, 3.63) is 83.9 Å². The predicted octanol–water partition coefficient (Wildman–Crippen LogP) is 4.57. The van der Waals surface area contributed by atoms with E-state index in [-0.39, 0.29) is 35.1 Å². The number of esters is 1. The molecule has 1 saturated heterocycles. The van der Waals surface area contributed by atoms with Crippen LogP contribution in [0.2, 0.25) is 0 Å². The summed E-state index contributed by atoms with van der Waals surface area (Å²) in [6, 6.07) is 21.1. The first-order chi connectivity index (χ1) is 19.4. The van der Waals surface area contributed by atoms with Gasteiger partial charge in [-0.2, -0.15) is 0 Å². The quantitative estimate of drug-likeness (QED) is 0.328. The van der Waals surface area contributed by atoms with Gasteiger partial charge in [0.25, 0.3) is 5.91 Å². The van der Waals surface area contributed by atoms with E-state index in [9.17, 15) is 19.2 Å². The van der Waals surface area contributed by atoms with Crippen LogP contribution in [0.15, 0.2) is 72.8 Å². The molecular formula is C31H30N2O7. The van der Waals surface area contributed by atoms with Gasteiger partial charge in [-0.05, 0) is 67.1 Å². The number of anilines is 2. The molecule has 1 saturated carbocycles. The van der Waals surface area contributed by atoms with E-state index in [2.05, 4.69) is 17.4 Å². The Hall–Kier alpha value is -4.66. The van der Waals surface area contributed by atoms with E-state index in [0.29, 0.717) is 35.7 Å². The zero-order valence-corrected chi connectivity index (χ0v) is 22.3. The van der Waals surface area contributed by atoms with Crippen LogP contribution in [-0.4, -0.2) is 44.5 Å². The first-order valence-electron chi connectivity index (χ1n) is 13.1. The highest BCUT2D eigenvalue weighted by Crippen LogP contribution is 2.45. The van der Waals surface area contributed by atoms with E-state index in [4.69, 9.17) is 14.2 Å². The number of carbonyl (C=O) groups excluding carboxylic acids is 4. The summed E-state index contributed by atoms with van der Waals surface area (Å²) >= 11 is 0. The number of fused-ring (bicyclic) bond motifs is 1. The van der Waals surface area contributed by atoms with E-state index in [1.165, 1.54) is 36.8 Å². The maximum absolute atomic E-state index is 13.3. The summed E-state index contributed by atoms with van der Waals surface area (Å²) in [5, 5.41) is 2.63. The van der Waals surface area contributed by atoms with Gasteiger partial charge in [-0.15, -0.1) is 0 Å². The summed E-state index contributed by atoms with van der Waals surface area (Å²) in [5.74, 6) is -1.09. The monoisotopic (exact) mass is 542 g/mol. The molecule has 3 atom stereocenters. The first kappa shape index (κ1) is 26.9. The van der Waals surface area contributed by atoms with Crippen LogP contribution in [0.3, 0.4) is 0 Å². The lowest BCUT2D eigenvalue weighted by atomic mass is 9.73. The summed E-state index contributed by atoms with van der Waals surface area (Å²) < 4.78 is 15.5. The van der Waals surface area contributed by atoms with Crippen molar-refractivity contribution in [3.63, 3.8) is 0 Å². The van der Waals surface area contributed by atoms with Crippen LogP contribution in [0, 0.1) is 11.8 Å². The molecule has 1 N–H and O–H groups in total. The normalized spacial score (nSPS) is 20.1. The van der Waals surface area contributed by atoms with E-state index in [1.807, 2.05) is 18.2 Å². The van der Waals surface area contributed by atoms with Crippen LogP contribution >= 0.6 is 0 Å². The second-order valence-electron chi connectivity index (χ2n) is 9.88. The van der Waals surface area contributed by atoms with Crippen molar-refractivity contribution in [2.45, 2.75) is 25.2 Å². The molecule has 3 aromatic carbocycles. The zero-order valence-electron chi connectivity index (χ0n) is 22.3. The third-order valence-corrected chi connectivity index (χ3v) is 7.57. The molecule has 0 spiro atoms. The highest BCUT2D eigenvalue weighted by Gasteiger charge is 2.50. The van der Waals surface area contributed by atoms with Crippen LogP contribution in [-0.2, 0) is 19.1 Å². The van der Waals surface area contributed by atoms with Crippen molar-refractivity contribution >= 4 is 35.1 Å². The minimum atomic E-state index is -0.707. The summed E-state index contributed by atoms with van der Waals surface area (Å²) in [6.07, 6.45) is 2.17. The Morgan fingerprint density at radius 1 is 0.875 bits per heavy atom. The van der Waals surface area contributed by atoms with Crippen LogP contribution in [0.5, 0.6) is 11.5 Å². The Morgan fingerprint density at radius 3 is 2.30 bits per heavy atom. The largest absolute Gasteiger partial charge is 0.497 e. The molecule has 0 unspecified atom stereocenters. The van der Waals surface area contributed by atoms with E-state index in [1.54, 1.807) is 30.3 Å². The molecule has 1 aliphatic heterocycles. The molecule has 3 amide bonds. The van der Waals surface area contributed by atoms with E-state index < -0.39 is 18.5 Å². The predicted molar refractivity (Wildman–Crippen MR) is 147 cm³/mol. The van der Waals surface area contributed by atoms with Crippen LogP contribution in [0.1, 0.15) is 41.1 Å². The van der Waals surface area contributed by atoms with Crippen LogP contribution in [0.4, 0.5) is 11.4 Å².